The lowest BCUT2D eigenvalue weighted by molar-refractivity contribution is -0.136. The van der Waals surface area contributed by atoms with Crippen LogP contribution in [0, 0.1) is 0 Å². The van der Waals surface area contributed by atoms with Gasteiger partial charge in [0.2, 0.25) is 0 Å². The smallest absolute Gasteiger partial charge is 0.307 e. The van der Waals surface area contributed by atoms with E-state index in [1.807, 2.05) is 24.3 Å². The highest BCUT2D eigenvalue weighted by Gasteiger charge is 2.23. The molecule has 1 aromatic carbocycles. The molecule has 0 radical (unpaired) electrons. The molecule has 0 amide bonds. The molecule has 1 aliphatic rings. The van der Waals surface area contributed by atoms with Gasteiger partial charge in [0, 0.05) is 18.3 Å². The fourth-order valence-electron chi connectivity index (χ4n) is 1.92. The Morgan fingerprint density at radius 3 is 2.93 bits per heavy atom. The van der Waals surface area contributed by atoms with Gasteiger partial charge in [0.05, 0.1) is 6.42 Å². The number of rotatable bonds is 3. The number of carbonyl (C=O) groups is 1. The Hall–Kier alpha value is -1.51. The van der Waals surface area contributed by atoms with Crippen LogP contribution in [0.3, 0.4) is 0 Å². The fourth-order valence-corrected chi connectivity index (χ4v) is 1.92. The summed E-state index contributed by atoms with van der Waals surface area (Å²) in [4.78, 5) is 12.9. The molecular formula is C12H15NO2. The molecule has 0 aromatic heterocycles. The van der Waals surface area contributed by atoms with Crippen LogP contribution in [0.4, 0.5) is 5.69 Å². The SMILES string of the molecule is CC1CCN1c1cccc(CC(=O)O)c1. The number of carboxylic acids is 1. The maximum Gasteiger partial charge on any atom is 0.307 e. The van der Waals surface area contributed by atoms with Crippen molar-refractivity contribution in [2.75, 3.05) is 11.4 Å². The molecule has 80 valence electrons. The van der Waals surface area contributed by atoms with Crippen molar-refractivity contribution in [1.29, 1.82) is 0 Å². The van der Waals surface area contributed by atoms with Crippen molar-refractivity contribution >= 4 is 11.7 Å². The third-order valence-electron chi connectivity index (χ3n) is 2.92. The number of aliphatic carboxylic acids is 1. The highest BCUT2D eigenvalue weighted by atomic mass is 16.4. The molecule has 0 saturated carbocycles. The first kappa shape index (κ1) is 10.0. The lowest BCUT2D eigenvalue weighted by Crippen LogP contribution is -2.45. The molecule has 1 aromatic rings. The van der Waals surface area contributed by atoms with E-state index in [1.165, 1.54) is 6.42 Å². The largest absolute Gasteiger partial charge is 0.481 e. The Morgan fingerprint density at radius 2 is 2.40 bits per heavy atom. The van der Waals surface area contributed by atoms with Crippen LogP contribution in [0.25, 0.3) is 0 Å². The second-order valence-electron chi connectivity index (χ2n) is 4.07. The van der Waals surface area contributed by atoms with Crippen LogP contribution in [-0.2, 0) is 11.2 Å². The lowest BCUT2D eigenvalue weighted by Gasteiger charge is -2.41. The first-order valence-corrected chi connectivity index (χ1v) is 5.24. The second kappa shape index (κ2) is 3.93. The van der Waals surface area contributed by atoms with Gasteiger partial charge in [0.15, 0.2) is 0 Å². The van der Waals surface area contributed by atoms with Gasteiger partial charge >= 0.3 is 5.97 Å². The molecule has 1 N–H and O–H groups in total. The molecule has 1 heterocycles. The molecule has 1 atom stereocenters. The Balaban J connectivity index is 2.15. The van der Waals surface area contributed by atoms with Crippen molar-refractivity contribution in [3.05, 3.63) is 29.8 Å². The highest BCUT2D eigenvalue weighted by molar-refractivity contribution is 5.71. The van der Waals surface area contributed by atoms with E-state index in [0.717, 1.165) is 17.8 Å². The van der Waals surface area contributed by atoms with Gasteiger partial charge in [-0.1, -0.05) is 12.1 Å². The van der Waals surface area contributed by atoms with Crippen LogP contribution >= 0.6 is 0 Å². The topological polar surface area (TPSA) is 40.5 Å². The van der Waals surface area contributed by atoms with Gasteiger partial charge in [-0.3, -0.25) is 4.79 Å². The number of hydrogen-bond acceptors (Lipinski definition) is 2. The molecular weight excluding hydrogens is 190 g/mol. The average Bonchev–Trinajstić information content (AvgIpc) is 2.15. The van der Waals surface area contributed by atoms with E-state index < -0.39 is 5.97 Å². The third kappa shape index (κ3) is 2.12. The van der Waals surface area contributed by atoms with Gasteiger partial charge in [-0.2, -0.15) is 0 Å². The summed E-state index contributed by atoms with van der Waals surface area (Å²) in [5.74, 6) is -0.774. The van der Waals surface area contributed by atoms with E-state index in [0.29, 0.717) is 6.04 Å². The number of hydrogen-bond donors (Lipinski definition) is 1. The Labute approximate surface area is 89.3 Å². The van der Waals surface area contributed by atoms with E-state index in [-0.39, 0.29) is 6.42 Å². The molecule has 2 rings (SSSR count). The minimum absolute atomic E-state index is 0.107. The average molecular weight is 205 g/mol. The summed E-state index contributed by atoms with van der Waals surface area (Å²) in [5, 5.41) is 8.71. The van der Waals surface area contributed by atoms with Gasteiger partial charge in [-0.05, 0) is 31.0 Å². The van der Waals surface area contributed by atoms with Crippen LogP contribution in [0.15, 0.2) is 24.3 Å². The van der Waals surface area contributed by atoms with Crippen LogP contribution in [0.2, 0.25) is 0 Å². The van der Waals surface area contributed by atoms with Crippen LogP contribution in [-0.4, -0.2) is 23.7 Å². The molecule has 0 bridgehead atoms. The van der Waals surface area contributed by atoms with Gasteiger partial charge < -0.3 is 10.0 Å². The van der Waals surface area contributed by atoms with Crippen molar-refractivity contribution in [3.63, 3.8) is 0 Å². The first-order chi connectivity index (χ1) is 7.16. The van der Waals surface area contributed by atoms with Crippen molar-refractivity contribution in [3.8, 4) is 0 Å². The summed E-state index contributed by atoms with van der Waals surface area (Å²) in [6.07, 6.45) is 1.33. The predicted molar refractivity (Wildman–Crippen MR) is 59.2 cm³/mol. The maximum atomic E-state index is 10.6. The lowest BCUT2D eigenvalue weighted by atomic mass is 10.0. The zero-order chi connectivity index (χ0) is 10.8. The van der Waals surface area contributed by atoms with E-state index in [1.54, 1.807) is 0 Å². The molecule has 1 saturated heterocycles. The van der Waals surface area contributed by atoms with E-state index in [2.05, 4.69) is 11.8 Å². The summed E-state index contributed by atoms with van der Waals surface area (Å²) < 4.78 is 0. The van der Waals surface area contributed by atoms with Gasteiger partial charge in [0.25, 0.3) is 0 Å². The van der Waals surface area contributed by atoms with Gasteiger partial charge in [-0.25, -0.2) is 0 Å². The van der Waals surface area contributed by atoms with E-state index in [9.17, 15) is 4.79 Å². The van der Waals surface area contributed by atoms with Crippen molar-refractivity contribution in [1.82, 2.24) is 0 Å². The fraction of sp³-hybridized carbons (Fsp3) is 0.417. The summed E-state index contributed by atoms with van der Waals surface area (Å²) in [5.41, 5.74) is 2.02. The number of carboxylic acid groups (broad SMARTS) is 1. The normalized spacial score (nSPS) is 19.8. The quantitative estimate of drug-likeness (QED) is 0.819. The molecule has 1 unspecified atom stereocenters. The zero-order valence-corrected chi connectivity index (χ0v) is 8.81. The van der Waals surface area contributed by atoms with E-state index >= 15 is 0 Å². The van der Waals surface area contributed by atoms with Gasteiger partial charge in [0.1, 0.15) is 0 Å². The molecule has 3 nitrogen and oxygen atoms in total. The summed E-state index contributed by atoms with van der Waals surface area (Å²) in [6, 6.07) is 8.40. The summed E-state index contributed by atoms with van der Waals surface area (Å²) in [6.45, 7) is 3.27. The molecule has 1 aliphatic heterocycles. The van der Waals surface area contributed by atoms with Gasteiger partial charge in [-0.15, -0.1) is 0 Å². The van der Waals surface area contributed by atoms with E-state index in [4.69, 9.17) is 5.11 Å². The minimum Gasteiger partial charge on any atom is -0.481 e. The monoisotopic (exact) mass is 205 g/mol. The molecule has 1 fully saturated rings. The number of nitrogens with zero attached hydrogens (tertiary/aromatic N) is 1. The predicted octanol–water partition coefficient (Wildman–Crippen LogP) is 1.91. The van der Waals surface area contributed by atoms with Crippen LogP contribution < -0.4 is 4.90 Å². The first-order valence-electron chi connectivity index (χ1n) is 5.24. The van der Waals surface area contributed by atoms with Crippen LogP contribution in [0.5, 0.6) is 0 Å². The number of anilines is 1. The highest BCUT2D eigenvalue weighted by Crippen LogP contribution is 2.26. The minimum atomic E-state index is -0.774. The Bertz CT molecular complexity index is 376. The maximum absolute atomic E-state index is 10.6. The summed E-state index contributed by atoms with van der Waals surface area (Å²) in [7, 11) is 0. The molecule has 0 aliphatic carbocycles. The molecule has 15 heavy (non-hydrogen) atoms. The zero-order valence-electron chi connectivity index (χ0n) is 8.81. The summed E-state index contributed by atoms with van der Waals surface area (Å²) >= 11 is 0. The van der Waals surface area contributed by atoms with Crippen LogP contribution in [0.1, 0.15) is 18.9 Å². The van der Waals surface area contributed by atoms with Crippen molar-refractivity contribution in [2.24, 2.45) is 0 Å². The standard InChI is InChI=1S/C12H15NO2/c1-9-5-6-13(9)11-4-2-3-10(7-11)8-12(14)15/h2-4,7,9H,5-6,8H2,1H3,(H,14,15). The third-order valence-corrected chi connectivity index (χ3v) is 2.92. The van der Waals surface area contributed by atoms with Crippen molar-refractivity contribution < 1.29 is 9.90 Å². The Kier molecular flexibility index (Phi) is 2.62. The number of benzene rings is 1. The van der Waals surface area contributed by atoms with Crippen molar-refractivity contribution in [2.45, 2.75) is 25.8 Å². The second-order valence-corrected chi connectivity index (χ2v) is 4.07. The molecule has 0 spiro atoms. The molecule has 3 heteroatoms. The Morgan fingerprint density at radius 1 is 1.60 bits per heavy atom.